The quantitative estimate of drug-likeness (QED) is 0.707. The Bertz CT molecular complexity index is 729. The minimum Gasteiger partial charge on any atom is -0.338 e. The van der Waals surface area contributed by atoms with Crippen LogP contribution in [-0.4, -0.2) is 21.3 Å². The van der Waals surface area contributed by atoms with Gasteiger partial charge in [-0.3, -0.25) is 0 Å². The van der Waals surface area contributed by atoms with Crippen molar-refractivity contribution in [2.75, 3.05) is 6.54 Å². The fourth-order valence-electron chi connectivity index (χ4n) is 2.46. The molecule has 0 amide bonds. The number of fused-ring (bicyclic) bond motifs is 1. The molecule has 0 bridgehead atoms. The first-order valence-electron chi connectivity index (χ1n) is 7.34. The number of hydrogen-bond acceptors (Lipinski definition) is 4. The Balaban J connectivity index is 1.79. The fourth-order valence-corrected chi connectivity index (χ4v) is 2.46. The topological polar surface area (TPSA) is 55.9 Å². The summed E-state index contributed by atoms with van der Waals surface area (Å²) in [5.41, 5.74) is 2.49. The molecule has 21 heavy (non-hydrogen) atoms. The molecule has 3 rings (SSSR count). The standard InChI is InChI=1S/C16H20N4O/c1-3-7-17-10-13-4-5-15-14(9-13)6-8-20(15)11-16-18-12(2)19-21-16/h4-6,8-9,17H,3,7,10-11H2,1-2H3. The molecule has 3 aromatic rings. The molecular formula is C16H20N4O. The number of aromatic nitrogens is 3. The van der Waals surface area contributed by atoms with Crippen molar-refractivity contribution in [1.82, 2.24) is 20.0 Å². The van der Waals surface area contributed by atoms with Gasteiger partial charge in [-0.2, -0.15) is 4.98 Å². The van der Waals surface area contributed by atoms with Gasteiger partial charge in [0.2, 0.25) is 5.89 Å². The van der Waals surface area contributed by atoms with E-state index in [1.165, 1.54) is 16.5 Å². The normalized spacial score (nSPS) is 11.3. The van der Waals surface area contributed by atoms with Crippen LogP contribution in [0.15, 0.2) is 35.0 Å². The highest BCUT2D eigenvalue weighted by atomic mass is 16.5. The number of aryl methyl sites for hydroxylation is 1. The molecule has 0 radical (unpaired) electrons. The smallest absolute Gasteiger partial charge is 0.246 e. The first-order chi connectivity index (χ1) is 10.3. The summed E-state index contributed by atoms with van der Waals surface area (Å²) in [5, 5.41) is 8.49. The van der Waals surface area contributed by atoms with E-state index in [9.17, 15) is 0 Å². The number of rotatable bonds is 6. The van der Waals surface area contributed by atoms with Crippen LogP contribution >= 0.6 is 0 Å². The van der Waals surface area contributed by atoms with Crippen LogP contribution in [0.5, 0.6) is 0 Å². The molecule has 0 aliphatic heterocycles. The second-order valence-corrected chi connectivity index (χ2v) is 5.25. The summed E-state index contributed by atoms with van der Waals surface area (Å²) in [4.78, 5) is 4.25. The molecule has 0 unspecified atom stereocenters. The molecule has 5 heteroatoms. The third kappa shape index (κ3) is 3.13. The molecule has 0 saturated heterocycles. The highest BCUT2D eigenvalue weighted by Gasteiger charge is 2.07. The lowest BCUT2D eigenvalue weighted by atomic mass is 10.1. The van der Waals surface area contributed by atoms with Crippen LogP contribution < -0.4 is 5.32 Å². The van der Waals surface area contributed by atoms with Gasteiger partial charge in [-0.05, 0) is 49.0 Å². The van der Waals surface area contributed by atoms with E-state index in [2.05, 4.69) is 57.4 Å². The van der Waals surface area contributed by atoms with Crippen molar-refractivity contribution in [3.8, 4) is 0 Å². The molecule has 0 aliphatic rings. The summed E-state index contributed by atoms with van der Waals surface area (Å²) in [7, 11) is 0. The Morgan fingerprint density at radius 2 is 2.19 bits per heavy atom. The van der Waals surface area contributed by atoms with Crippen molar-refractivity contribution in [2.45, 2.75) is 33.4 Å². The van der Waals surface area contributed by atoms with E-state index >= 15 is 0 Å². The Morgan fingerprint density at radius 1 is 1.29 bits per heavy atom. The van der Waals surface area contributed by atoms with Gasteiger partial charge in [0.15, 0.2) is 5.82 Å². The molecule has 1 N–H and O–H groups in total. The Labute approximate surface area is 124 Å². The summed E-state index contributed by atoms with van der Waals surface area (Å²) in [6.07, 6.45) is 3.22. The Morgan fingerprint density at radius 3 is 2.95 bits per heavy atom. The lowest BCUT2D eigenvalue weighted by Gasteiger charge is -2.05. The van der Waals surface area contributed by atoms with E-state index < -0.39 is 0 Å². The van der Waals surface area contributed by atoms with Gasteiger partial charge in [0.1, 0.15) is 6.54 Å². The molecule has 2 aromatic heterocycles. The number of hydrogen-bond donors (Lipinski definition) is 1. The highest BCUT2D eigenvalue weighted by Crippen LogP contribution is 2.18. The van der Waals surface area contributed by atoms with Crippen molar-refractivity contribution in [3.63, 3.8) is 0 Å². The van der Waals surface area contributed by atoms with E-state index in [1.54, 1.807) is 0 Å². The van der Waals surface area contributed by atoms with Gasteiger partial charge in [-0.1, -0.05) is 18.1 Å². The lowest BCUT2D eigenvalue weighted by Crippen LogP contribution is -2.13. The molecule has 0 atom stereocenters. The minimum absolute atomic E-state index is 0.609. The molecule has 0 saturated carbocycles. The minimum atomic E-state index is 0.609. The van der Waals surface area contributed by atoms with Gasteiger partial charge < -0.3 is 14.4 Å². The molecule has 0 fully saturated rings. The third-order valence-electron chi connectivity index (χ3n) is 3.47. The zero-order chi connectivity index (χ0) is 14.7. The summed E-state index contributed by atoms with van der Waals surface area (Å²) >= 11 is 0. The fraction of sp³-hybridized carbons (Fsp3) is 0.375. The SMILES string of the molecule is CCCNCc1ccc2c(ccn2Cc2nc(C)no2)c1. The van der Waals surface area contributed by atoms with Gasteiger partial charge in [0.25, 0.3) is 0 Å². The van der Waals surface area contributed by atoms with E-state index in [-0.39, 0.29) is 0 Å². The predicted molar refractivity (Wildman–Crippen MR) is 82.1 cm³/mol. The third-order valence-corrected chi connectivity index (χ3v) is 3.47. The zero-order valence-corrected chi connectivity index (χ0v) is 12.5. The van der Waals surface area contributed by atoms with Gasteiger partial charge in [0.05, 0.1) is 0 Å². The van der Waals surface area contributed by atoms with Crippen molar-refractivity contribution in [2.24, 2.45) is 0 Å². The monoisotopic (exact) mass is 284 g/mol. The Hall–Kier alpha value is -2.14. The second kappa shape index (κ2) is 6.10. The average Bonchev–Trinajstić information content (AvgIpc) is 3.06. The summed E-state index contributed by atoms with van der Waals surface area (Å²) in [6, 6.07) is 8.68. The zero-order valence-electron chi connectivity index (χ0n) is 12.5. The maximum Gasteiger partial charge on any atom is 0.246 e. The van der Waals surface area contributed by atoms with Gasteiger partial charge in [0, 0.05) is 18.3 Å². The van der Waals surface area contributed by atoms with E-state index in [0.717, 1.165) is 19.5 Å². The highest BCUT2D eigenvalue weighted by molar-refractivity contribution is 5.80. The molecule has 5 nitrogen and oxygen atoms in total. The van der Waals surface area contributed by atoms with Crippen molar-refractivity contribution in [3.05, 3.63) is 47.7 Å². The molecule has 0 aliphatic carbocycles. The molecule has 110 valence electrons. The molecule has 2 heterocycles. The van der Waals surface area contributed by atoms with Crippen LogP contribution in [0.4, 0.5) is 0 Å². The molecule has 1 aromatic carbocycles. The Kier molecular flexibility index (Phi) is 4.01. The van der Waals surface area contributed by atoms with Crippen LogP contribution in [-0.2, 0) is 13.1 Å². The maximum atomic E-state index is 5.18. The van der Waals surface area contributed by atoms with Crippen LogP contribution in [0, 0.1) is 6.92 Å². The summed E-state index contributed by atoms with van der Waals surface area (Å²) in [6.45, 7) is 6.58. The van der Waals surface area contributed by atoms with Crippen molar-refractivity contribution < 1.29 is 4.52 Å². The van der Waals surface area contributed by atoms with Gasteiger partial charge >= 0.3 is 0 Å². The largest absolute Gasteiger partial charge is 0.338 e. The number of nitrogens with one attached hydrogen (secondary N) is 1. The second-order valence-electron chi connectivity index (χ2n) is 5.25. The summed E-state index contributed by atoms with van der Waals surface area (Å²) in [5.74, 6) is 1.31. The van der Waals surface area contributed by atoms with Gasteiger partial charge in [-0.25, -0.2) is 0 Å². The number of benzene rings is 1. The number of nitrogens with zero attached hydrogens (tertiary/aromatic N) is 3. The van der Waals surface area contributed by atoms with Crippen LogP contribution in [0.25, 0.3) is 10.9 Å². The summed E-state index contributed by atoms with van der Waals surface area (Å²) < 4.78 is 7.31. The van der Waals surface area contributed by atoms with Crippen LogP contribution in [0.1, 0.15) is 30.6 Å². The van der Waals surface area contributed by atoms with Crippen molar-refractivity contribution >= 4 is 10.9 Å². The van der Waals surface area contributed by atoms with Crippen molar-refractivity contribution in [1.29, 1.82) is 0 Å². The van der Waals surface area contributed by atoms with Gasteiger partial charge in [-0.15, -0.1) is 0 Å². The van der Waals surface area contributed by atoms with Crippen LogP contribution in [0.2, 0.25) is 0 Å². The predicted octanol–water partition coefficient (Wildman–Crippen LogP) is 2.88. The first-order valence-corrected chi connectivity index (χ1v) is 7.34. The van der Waals surface area contributed by atoms with E-state index in [4.69, 9.17) is 4.52 Å². The molecule has 0 spiro atoms. The van der Waals surface area contributed by atoms with Crippen LogP contribution in [0.3, 0.4) is 0 Å². The van der Waals surface area contributed by atoms with E-state index in [1.807, 2.05) is 6.92 Å². The first kappa shape index (κ1) is 13.8. The average molecular weight is 284 g/mol. The molecular weight excluding hydrogens is 264 g/mol. The lowest BCUT2D eigenvalue weighted by molar-refractivity contribution is 0.369. The van der Waals surface area contributed by atoms with E-state index in [0.29, 0.717) is 18.3 Å². The maximum absolute atomic E-state index is 5.18.